The summed E-state index contributed by atoms with van der Waals surface area (Å²) in [5.74, 6) is 0.466. The van der Waals surface area contributed by atoms with Crippen molar-refractivity contribution in [2.75, 3.05) is 13.7 Å². The number of carbonyl (C=O) groups excluding carboxylic acids is 2. The molecule has 108 valence electrons. The van der Waals surface area contributed by atoms with Crippen LogP contribution in [-0.2, 0) is 16.1 Å². The standard InChI is InChI=1S/C12H18N2O4.ClH/c1-8-10(12(16)17-2)6-9(18-8)7-14-11(15)4-3-5-13;/h6H,3-5,7,13H2,1-2H3,(H,14,15);1H. The zero-order valence-corrected chi connectivity index (χ0v) is 11.8. The fourth-order valence-corrected chi connectivity index (χ4v) is 1.48. The fraction of sp³-hybridized carbons (Fsp3) is 0.500. The Kier molecular flexibility index (Phi) is 7.86. The lowest BCUT2D eigenvalue weighted by molar-refractivity contribution is -0.121. The SMILES string of the molecule is COC(=O)c1cc(CNC(=O)CCCN)oc1C.Cl. The molecule has 0 aliphatic heterocycles. The summed E-state index contributed by atoms with van der Waals surface area (Å²) >= 11 is 0. The van der Waals surface area contributed by atoms with Crippen molar-refractivity contribution in [2.24, 2.45) is 5.73 Å². The lowest BCUT2D eigenvalue weighted by Crippen LogP contribution is -2.22. The van der Waals surface area contributed by atoms with E-state index < -0.39 is 5.97 Å². The van der Waals surface area contributed by atoms with Gasteiger partial charge in [-0.2, -0.15) is 0 Å². The van der Waals surface area contributed by atoms with Crippen LogP contribution in [-0.4, -0.2) is 25.5 Å². The molecular formula is C12H19ClN2O4. The number of halogens is 1. The van der Waals surface area contributed by atoms with Crippen LogP contribution in [0.2, 0.25) is 0 Å². The van der Waals surface area contributed by atoms with Crippen LogP contribution in [0.25, 0.3) is 0 Å². The molecule has 0 bridgehead atoms. The molecule has 0 spiro atoms. The lowest BCUT2D eigenvalue weighted by atomic mass is 10.2. The molecule has 6 nitrogen and oxygen atoms in total. The van der Waals surface area contributed by atoms with Gasteiger partial charge in [-0.1, -0.05) is 0 Å². The second kappa shape index (κ2) is 8.55. The maximum atomic E-state index is 11.4. The number of aryl methyl sites for hydroxylation is 1. The molecule has 0 fully saturated rings. The Hall–Kier alpha value is -1.53. The minimum atomic E-state index is -0.447. The van der Waals surface area contributed by atoms with Crippen molar-refractivity contribution in [3.05, 3.63) is 23.2 Å². The monoisotopic (exact) mass is 290 g/mol. The van der Waals surface area contributed by atoms with Gasteiger partial charge in [0.15, 0.2) is 0 Å². The van der Waals surface area contributed by atoms with E-state index in [-0.39, 0.29) is 24.9 Å². The summed E-state index contributed by atoms with van der Waals surface area (Å²) < 4.78 is 9.96. The third kappa shape index (κ3) is 5.32. The Morgan fingerprint density at radius 3 is 2.74 bits per heavy atom. The molecular weight excluding hydrogens is 272 g/mol. The molecule has 0 unspecified atom stereocenters. The average molecular weight is 291 g/mol. The van der Waals surface area contributed by atoms with Crippen LogP contribution in [0, 0.1) is 6.92 Å². The van der Waals surface area contributed by atoms with Crippen molar-refractivity contribution in [3.8, 4) is 0 Å². The normalized spacial score (nSPS) is 9.63. The first-order valence-electron chi connectivity index (χ1n) is 5.73. The predicted octanol–water partition coefficient (Wildman–Crippen LogP) is 1.15. The lowest BCUT2D eigenvalue weighted by Gasteiger charge is -2.01. The third-order valence-electron chi connectivity index (χ3n) is 2.44. The Balaban J connectivity index is 0.00000324. The van der Waals surface area contributed by atoms with Gasteiger partial charge in [0, 0.05) is 6.42 Å². The number of methoxy groups -OCH3 is 1. The molecule has 0 aromatic carbocycles. The first kappa shape index (κ1) is 17.5. The molecule has 1 rings (SSSR count). The highest BCUT2D eigenvalue weighted by Crippen LogP contribution is 2.15. The van der Waals surface area contributed by atoms with E-state index in [0.29, 0.717) is 36.5 Å². The van der Waals surface area contributed by atoms with Gasteiger partial charge in [-0.15, -0.1) is 12.4 Å². The van der Waals surface area contributed by atoms with E-state index in [4.69, 9.17) is 10.2 Å². The van der Waals surface area contributed by atoms with Crippen molar-refractivity contribution in [1.82, 2.24) is 5.32 Å². The van der Waals surface area contributed by atoms with Gasteiger partial charge >= 0.3 is 5.97 Å². The van der Waals surface area contributed by atoms with Gasteiger partial charge in [0.25, 0.3) is 0 Å². The first-order valence-corrected chi connectivity index (χ1v) is 5.73. The van der Waals surface area contributed by atoms with Gasteiger partial charge in [0.05, 0.1) is 13.7 Å². The number of nitrogens with one attached hydrogen (secondary N) is 1. The number of rotatable bonds is 6. The van der Waals surface area contributed by atoms with Gasteiger partial charge in [0.2, 0.25) is 5.91 Å². The molecule has 7 heteroatoms. The number of amides is 1. The van der Waals surface area contributed by atoms with Crippen molar-refractivity contribution in [2.45, 2.75) is 26.3 Å². The average Bonchev–Trinajstić information content (AvgIpc) is 2.74. The topological polar surface area (TPSA) is 94.6 Å². The highest BCUT2D eigenvalue weighted by Gasteiger charge is 2.15. The number of hydrogen-bond acceptors (Lipinski definition) is 5. The summed E-state index contributed by atoms with van der Waals surface area (Å²) in [5, 5.41) is 2.69. The first-order chi connectivity index (χ1) is 8.58. The van der Waals surface area contributed by atoms with E-state index in [1.54, 1.807) is 13.0 Å². The van der Waals surface area contributed by atoms with Crippen LogP contribution in [0.3, 0.4) is 0 Å². The molecule has 0 aliphatic carbocycles. The number of furan rings is 1. The van der Waals surface area contributed by atoms with Gasteiger partial charge < -0.3 is 20.2 Å². The summed E-state index contributed by atoms with van der Waals surface area (Å²) in [5.41, 5.74) is 5.68. The Morgan fingerprint density at radius 1 is 1.47 bits per heavy atom. The second-order valence-corrected chi connectivity index (χ2v) is 3.84. The van der Waals surface area contributed by atoms with E-state index in [1.165, 1.54) is 7.11 Å². The summed E-state index contributed by atoms with van der Waals surface area (Å²) in [6, 6.07) is 1.57. The molecule has 0 atom stereocenters. The number of ether oxygens (including phenoxy) is 1. The van der Waals surface area contributed by atoms with E-state index in [9.17, 15) is 9.59 Å². The minimum absolute atomic E-state index is 0. The van der Waals surface area contributed by atoms with Crippen LogP contribution in [0.5, 0.6) is 0 Å². The Bertz CT molecular complexity index is 431. The quantitative estimate of drug-likeness (QED) is 0.767. The molecule has 0 saturated carbocycles. The number of nitrogens with two attached hydrogens (primary N) is 1. The maximum Gasteiger partial charge on any atom is 0.341 e. The van der Waals surface area contributed by atoms with Gasteiger partial charge in [-0.3, -0.25) is 4.79 Å². The fourth-order valence-electron chi connectivity index (χ4n) is 1.48. The van der Waals surface area contributed by atoms with Crippen molar-refractivity contribution >= 4 is 24.3 Å². The molecule has 0 saturated heterocycles. The highest BCUT2D eigenvalue weighted by molar-refractivity contribution is 5.90. The summed E-state index contributed by atoms with van der Waals surface area (Å²) in [4.78, 5) is 22.7. The van der Waals surface area contributed by atoms with Crippen LogP contribution >= 0.6 is 12.4 Å². The minimum Gasteiger partial charge on any atom is -0.465 e. The number of esters is 1. The third-order valence-corrected chi connectivity index (χ3v) is 2.44. The summed E-state index contributed by atoms with van der Waals surface area (Å²) in [6.07, 6.45) is 1.04. The van der Waals surface area contributed by atoms with Gasteiger partial charge in [-0.05, 0) is 26.0 Å². The van der Waals surface area contributed by atoms with E-state index in [0.717, 1.165) is 0 Å². The molecule has 3 N–H and O–H groups in total. The molecule has 1 aromatic heterocycles. The van der Waals surface area contributed by atoms with E-state index >= 15 is 0 Å². The van der Waals surface area contributed by atoms with Gasteiger partial charge in [-0.25, -0.2) is 4.79 Å². The smallest absolute Gasteiger partial charge is 0.341 e. The van der Waals surface area contributed by atoms with Crippen molar-refractivity contribution in [3.63, 3.8) is 0 Å². The van der Waals surface area contributed by atoms with E-state index in [1.807, 2.05) is 0 Å². The molecule has 0 radical (unpaired) electrons. The molecule has 0 aliphatic rings. The predicted molar refractivity (Wildman–Crippen MR) is 72.2 cm³/mol. The number of carbonyl (C=O) groups is 2. The van der Waals surface area contributed by atoms with Gasteiger partial charge in [0.1, 0.15) is 17.1 Å². The summed E-state index contributed by atoms with van der Waals surface area (Å²) in [7, 11) is 1.31. The van der Waals surface area contributed by atoms with Crippen molar-refractivity contribution < 1.29 is 18.7 Å². The van der Waals surface area contributed by atoms with Crippen LogP contribution in [0.4, 0.5) is 0 Å². The summed E-state index contributed by atoms with van der Waals surface area (Å²) in [6.45, 7) is 2.41. The van der Waals surface area contributed by atoms with Crippen LogP contribution in [0.15, 0.2) is 10.5 Å². The number of hydrogen-bond donors (Lipinski definition) is 2. The Labute approximate surface area is 118 Å². The largest absolute Gasteiger partial charge is 0.465 e. The zero-order valence-electron chi connectivity index (χ0n) is 11.0. The molecule has 1 aromatic rings. The van der Waals surface area contributed by atoms with E-state index in [2.05, 4.69) is 10.1 Å². The molecule has 19 heavy (non-hydrogen) atoms. The Morgan fingerprint density at radius 2 is 2.16 bits per heavy atom. The zero-order chi connectivity index (χ0) is 13.5. The van der Waals surface area contributed by atoms with Crippen LogP contribution < -0.4 is 11.1 Å². The molecule has 1 amide bonds. The second-order valence-electron chi connectivity index (χ2n) is 3.84. The van der Waals surface area contributed by atoms with Crippen LogP contribution in [0.1, 0.15) is 34.7 Å². The maximum absolute atomic E-state index is 11.4. The molecule has 1 heterocycles. The highest BCUT2D eigenvalue weighted by atomic mass is 35.5. The van der Waals surface area contributed by atoms with Crippen molar-refractivity contribution in [1.29, 1.82) is 0 Å².